The average molecular weight is 387 g/mol. The number of hydrogen-bond acceptors (Lipinski definition) is 5. The van der Waals surface area contributed by atoms with Gasteiger partial charge in [-0.25, -0.2) is 4.79 Å². The minimum atomic E-state index is -0.784. The first kappa shape index (κ1) is 19.1. The van der Waals surface area contributed by atoms with Crippen molar-refractivity contribution in [3.63, 3.8) is 0 Å². The molecule has 3 heterocycles. The van der Waals surface area contributed by atoms with Crippen LogP contribution in [-0.4, -0.2) is 61.1 Å². The molecule has 152 valence electrons. The van der Waals surface area contributed by atoms with Crippen molar-refractivity contribution in [2.24, 2.45) is 0 Å². The lowest BCUT2D eigenvalue weighted by atomic mass is 9.77. The van der Waals surface area contributed by atoms with Crippen LogP contribution in [0.15, 0.2) is 12.1 Å². The molecule has 7 heteroatoms. The third-order valence-electron chi connectivity index (χ3n) is 6.46. The third kappa shape index (κ3) is 2.92. The number of hydrogen-bond donors (Lipinski definition) is 1. The molecule has 0 unspecified atom stereocenters. The molecule has 1 spiro atoms. The molecule has 0 aliphatic carbocycles. The van der Waals surface area contributed by atoms with Crippen LogP contribution >= 0.6 is 0 Å². The van der Waals surface area contributed by atoms with E-state index >= 15 is 0 Å². The van der Waals surface area contributed by atoms with Crippen molar-refractivity contribution in [2.75, 3.05) is 33.9 Å². The topological polar surface area (TPSA) is 71.1 Å². The maximum absolute atomic E-state index is 13.2. The van der Waals surface area contributed by atoms with E-state index in [0.717, 1.165) is 38.1 Å². The van der Waals surface area contributed by atoms with Crippen molar-refractivity contribution in [2.45, 2.75) is 50.6 Å². The van der Waals surface area contributed by atoms with E-state index < -0.39 is 5.54 Å². The highest BCUT2D eigenvalue weighted by Gasteiger charge is 2.55. The number of methoxy groups -OCH3 is 2. The van der Waals surface area contributed by atoms with E-state index in [1.54, 1.807) is 14.2 Å². The van der Waals surface area contributed by atoms with E-state index in [1.165, 1.54) is 16.0 Å². The number of carbonyl (C=O) groups excluding carboxylic acids is 2. The van der Waals surface area contributed by atoms with Gasteiger partial charge in [0.25, 0.3) is 5.91 Å². The molecule has 2 fully saturated rings. The zero-order chi connectivity index (χ0) is 19.9. The molecule has 4 rings (SSSR count). The number of imide groups is 1. The number of rotatable bonds is 5. The molecule has 2 saturated heterocycles. The third-order valence-corrected chi connectivity index (χ3v) is 6.46. The van der Waals surface area contributed by atoms with Crippen molar-refractivity contribution in [1.82, 2.24) is 15.1 Å². The first-order chi connectivity index (χ1) is 13.5. The summed E-state index contributed by atoms with van der Waals surface area (Å²) in [6, 6.07) is 3.94. The van der Waals surface area contributed by atoms with Crippen molar-refractivity contribution < 1.29 is 19.1 Å². The quantitative estimate of drug-likeness (QED) is 0.786. The molecule has 0 saturated carbocycles. The van der Waals surface area contributed by atoms with Gasteiger partial charge in [0.2, 0.25) is 0 Å². The summed E-state index contributed by atoms with van der Waals surface area (Å²) in [6.07, 6.45) is 4.00. The van der Waals surface area contributed by atoms with Crippen LogP contribution in [0.5, 0.6) is 11.5 Å². The van der Waals surface area contributed by atoms with Crippen LogP contribution in [0.4, 0.5) is 4.79 Å². The first-order valence-electron chi connectivity index (χ1n) is 10.2. The second kappa shape index (κ2) is 7.28. The standard InChI is InChI=1S/C21H29N3O4/c1-4-5-8-24-19(25)21(22-20(24)26)7-10-23-9-6-14-11-17(27-2)18(28-3)12-15(14)16(23)13-21/h11-12,16H,4-10,13H2,1-3H3,(H,22,26)/t16-,21+/m1/s1. The van der Waals surface area contributed by atoms with Gasteiger partial charge in [-0.05, 0) is 48.9 Å². The number of piperidine rings is 1. The van der Waals surface area contributed by atoms with Crippen LogP contribution in [-0.2, 0) is 11.2 Å². The van der Waals surface area contributed by atoms with Crippen molar-refractivity contribution in [3.8, 4) is 11.5 Å². The van der Waals surface area contributed by atoms with Gasteiger partial charge < -0.3 is 14.8 Å². The number of benzene rings is 1. The van der Waals surface area contributed by atoms with Gasteiger partial charge in [-0.15, -0.1) is 0 Å². The summed E-state index contributed by atoms with van der Waals surface area (Å²) < 4.78 is 11.0. The minimum absolute atomic E-state index is 0.0572. The Morgan fingerprint density at radius 3 is 2.64 bits per heavy atom. The van der Waals surface area contributed by atoms with E-state index in [4.69, 9.17) is 9.47 Å². The Labute approximate surface area is 166 Å². The molecule has 28 heavy (non-hydrogen) atoms. The number of amides is 3. The number of carbonyl (C=O) groups is 2. The molecular formula is C21H29N3O4. The Kier molecular flexibility index (Phi) is 4.95. The van der Waals surface area contributed by atoms with Gasteiger partial charge in [0.1, 0.15) is 5.54 Å². The predicted octanol–water partition coefficient (Wildman–Crippen LogP) is 2.49. The highest BCUT2D eigenvalue weighted by Crippen LogP contribution is 2.45. The number of fused-ring (bicyclic) bond motifs is 3. The molecule has 3 amide bonds. The Morgan fingerprint density at radius 2 is 1.93 bits per heavy atom. The lowest BCUT2D eigenvalue weighted by molar-refractivity contribution is -0.134. The molecule has 7 nitrogen and oxygen atoms in total. The molecule has 3 aliphatic rings. The maximum atomic E-state index is 13.2. The summed E-state index contributed by atoms with van der Waals surface area (Å²) in [7, 11) is 3.28. The molecule has 1 aromatic carbocycles. The highest BCUT2D eigenvalue weighted by atomic mass is 16.5. The van der Waals surface area contributed by atoms with Gasteiger partial charge in [0.15, 0.2) is 11.5 Å². The Morgan fingerprint density at radius 1 is 1.18 bits per heavy atom. The minimum Gasteiger partial charge on any atom is -0.493 e. The van der Waals surface area contributed by atoms with Crippen LogP contribution in [0.25, 0.3) is 0 Å². The van der Waals surface area contributed by atoms with Crippen LogP contribution < -0.4 is 14.8 Å². The number of ether oxygens (including phenoxy) is 2. The Hall–Kier alpha value is -2.28. The molecule has 0 radical (unpaired) electrons. The lowest BCUT2D eigenvalue weighted by Crippen LogP contribution is -2.57. The van der Waals surface area contributed by atoms with E-state index in [1.807, 2.05) is 6.07 Å². The van der Waals surface area contributed by atoms with Gasteiger partial charge in [-0.2, -0.15) is 0 Å². The predicted molar refractivity (Wildman–Crippen MR) is 105 cm³/mol. The summed E-state index contributed by atoms with van der Waals surface area (Å²) in [5, 5.41) is 3.05. The zero-order valence-corrected chi connectivity index (χ0v) is 16.9. The second-order valence-corrected chi connectivity index (χ2v) is 7.98. The summed E-state index contributed by atoms with van der Waals surface area (Å²) in [5.41, 5.74) is 1.63. The van der Waals surface area contributed by atoms with Gasteiger partial charge >= 0.3 is 6.03 Å². The van der Waals surface area contributed by atoms with E-state index in [2.05, 4.69) is 23.2 Å². The molecule has 1 aromatic rings. The van der Waals surface area contributed by atoms with Crippen LogP contribution in [0, 0.1) is 0 Å². The molecule has 0 aromatic heterocycles. The average Bonchev–Trinajstić information content (AvgIpc) is 2.94. The summed E-state index contributed by atoms with van der Waals surface area (Å²) in [4.78, 5) is 29.5. The second-order valence-electron chi connectivity index (χ2n) is 7.98. The highest BCUT2D eigenvalue weighted by molar-refractivity contribution is 6.07. The molecule has 3 aliphatic heterocycles. The fraction of sp³-hybridized carbons (Fsp3) is 0.619. The van der Waals surface area contributed by atoms with Gasteiger partial charge in [0.05, 0.1) is 14.2 Å². The first-order valence-corrected chi connectivity index (χ1v) is 10.2. The summed E-state index contributed by atoms with van der Waals surface area (Å²) in [6.45, 7) is 4.31. The lowest BCUT2D eigenvalue weighted by Gasteiger charge is -2.46. The molecular weight excluding hydrogens is 358 g/mol. The summed E-state index contributed by atoms with van der Waals surface area (Å²) >= 11 is 0. The Bertz CT molecular complexity index is 796. The largest absolute Gasteiger partial charge is 0.493 e. The van der Waals surface area contributed by atoms with Gasteiger partial charge in [-0.3, -0.25) is 14.6 Å². The Balaban J connectivity index is 1.65. The monoisotopic (exact) mass is 387 g/mol. The van der Waals surface area contributed by atoms with E-state index in [0.29, 0.717) is 25.1 Å². The van der Waals surface area contributed by atoms with Gasteiger partial charge in [-0.1, -0.05) is 13.3 Å². The molecule has 1 N–H and O–H groups in total. The number of nitrogens with one attached hydrogen (secondary N) is 1. The number of nitrogens with zero attached hydrogens (tertiary/aromatic N) is 2. The SMILES string of the molecule is CCCCN1C(=O)N[C@]2(CCN3CCc4cc(OC)c(OC)cc4[C@H]3C2)C1=O. The molecule has 0 bridgehead atoms. The number of urea groups is 1. The fourth-order valence-electron chi connectivity index (χ4n) is 4.86. The van der Waals surface area contributed by atoms with Crippen LogP contribution in [0.3, 0.4) is 0 Å². The zero-order valence-electron chi connectivity index (χ0n) is 16.9. The van der Waals surface area contributed by atoms with Gasteiger partial charge in [0, 0.05) is 25.7 Å². The van der Waals surface area contributed by atoms with Crippen molar-refractivity contribution in [1.29, 1.82) is 0 Å². The maximum Gasteiger partial charge on any atom is 0.325 e. The van der Waals surface area contributed by atoms with Crippen molar-refractivity contribution in [3.05, 3.63) is 23.3 Å². The van der Waals surface area contributed by atoms with Crippen molar-refractivity contribution >= 4 is 11.9 Å². The van der Waals surface area contributed by atoms with Crippen LogP contribution in [0.1, 0.15) is 49.8 Å². The van der Waals surface area contributed by atoms with E-state index in [-0.39, 0.29) is 18.0 Å². The number of unbranched alkanes of at least 4 members (excludes halogenated alkanes) is 1. The normalized spacial score (nSPS) is 26.8. The molecule has 2 atom stereocenters. The smallest absolute Gasteiger partial charge is 0.325 e. The van der Waals surface area contributed by atoms with E-state index in [9.17, 15) is 9.59 Å². The van der Waals surface area contributed by atoms with Crippen LogP contribution in [0.2, 0.25) is 0 Å². The fourth-order valence-corrected chi connectivity index (χ4v) is 4.86. The summed E-state index contributed by atoms with van der Waals surface area (Å²) in [5.74, 6) is 1.38.